The molecule has 0 atom stereocenters. The Hall–Kier alpha value is -3.67. The maximum Gasteiger partial charge on any atom is 0.284 e. The van der Waals surface area contributed by atoms with Gasteiger partial charge in [0.2, 0.25) is 0 Å². The van der Waals surface area contributed by atoms with Gasteiger partial charge in [-0.1, -0.05) is 35.3 Å². The van der Waals surface area contributed by atoms with Crippen LogP contribution in [0.1, 0.15) is 0 Å². The van der Waals surface area contributed by atoms with Gasteiger partial charge >= 0.3 is 0 Å². The molecule has 0 radical (unpaired) electrons. The van der Waals surface area contributed by atoms with Crippen LogP contribution in [-0.4, -0.2) is 9.85 Å². The Balaban J connectivity index is 1.57. The lowest BCUT2D eigenvalue weighted by atomic mass is 10.3. The number of nitrogens with two attached hydrogens (primary N) is 2. The molecule has 0 spiro atoms. The third-order valence-electron chi connectivity index (χ3n) is 4.71. The Kier molecular flexibility index (Phi) is 7.49. The number of nitrogens with zero attached hydrogens (tertiary/aromatic N) is 2. The molecule has 8 nitrogen and oxygen atoms in total. The van der Waals surface area contributed by atoms with E-state index in [1.807, 2.05) is 0 Å². The highest BCUT2D eigenvalue weighted by molar-refractivity contribution is 8.00. The Morgan fingerprint density at radius 1 is 0.514 bits per heavy atom. The number of benzene rings is 4. The van der Waals surface area contributed by atoms with Crippen LogP contribution >= 0.6 is 35.3 Å². The molecule has 0 aromatic heterocycles. The summed E-state index contributed by atoms with van der Waals surface area (Å²) in [5.41, 5.74) is 12.6. The molecule has 0 fully saturated rings. The second kappa shape index (κ2) is 10.7. The van der Waals surface area contributed by atoms with Crippen LogP contribution in [-0.2, 0) is 0 Å². The number of hydrogen-bond donors (Lipinski definition) is 2. The minimum Gasteiger partial charge on any atom is -0.399 e. The summed E-state index contributed by atoms with van der Waals surface area (Å²) >= 11 is 3.76. The van der Waals surface area contributed by atoms with Crippen LogP contribution in [0.25, 0.3) is 0 Å². The summed E-state index contributed by atoms with van der Waals surface area (Å²) in [6.07, 6.45) is 0. The molecule has 0 aliphatic rings. The van der Waals surface area contributed by atoms with E-state index in [-0.39, 0.29) is 11.4 Å². The third kappa shape index (κ3) is 6.27. The molecule has 176 valence electrons. The number of hydrogen-bond acceptors (Lipinski definition) is 9. The molecule has 4 aromatic rings. The first kappa shape index (κ1) is 24.5. The van der Waals surface area contributed by atoms with Crippen molar-refractivity contribution in [3.63, 3.8) is 0 Å². The second-order valence-corrected chi connectivity index (χ2v) is 10.6. The van der Waals surface area contributed by atoms with Gasteiger partial charge in [-0.05, 0) is 72.8 Å². The van der Waals surface area contributed by atoms with Gasteiger partial charge < -0.3 is 11.5 Å². The molecule has 0 saturated carbocycles. The van der Waals surface area contributed by atoms with Gasteiger partial charge in [-0.25, -0.2) is 0 Å². The number of rotatable bonds is 8. The molecule has 0 unspecified atom stereocenters. The average Bonchev–Trinajstić information content (AvgIpc) is 2.83. The zero-order valence-corrected chi connectivity index (χ0v) is 20.4. The van der Waals surface area contributed by atoms with Crippen molar-refractivity contribution in [3.05, 3.63) is 105 Å². The molecule has 0 amide bonds. The van der Waals surface area contributed by atoms with Gasteiger partial charge in [0.25, 0.3) is 11.4 Å². The van der Waals surface area contributed by atoms with Crippen molar-refractivity contribution in [2.75, 3.05) is 11.5 Å². The predicted molar refractivity (Wildman–Crippen MR) is 140 cm³/mol. The summed E-state index contributed by atoms with van der Waals surface area (Å²) in [6.45, 7) is 0. The van der Waals surface area contributed by atoms with Crippen molar-refractivity contribution in [1.29, 1.82) is 0 Å². The lowest BCUT2D eigenvalue weighted by molar-refractivity contribution is -0.388. The van der Waals surface area contributed by atoms with Crippen molar-refractivity contribution in [2.24, 2.45) is 0 Å². The molecule has 4 N–H and O–H groups in total. The summed E-state index contributed by atoms with van der Waals surface area (Å²) in [4.78, 5) is 26.4. The molecule has 0 aliphatic heterocycles. The summed E-state index contributed by atoms with van der Waals surface area (Å²) in [5, 5.41) is 23.4. The maximum absolute atomic E-state index is 11.7. The summed E-state index contributed by atoms with van der Waals surface area (Å²) < 4.78 is 0. The highest BCUT2D eigenvalue weighted by Crippen LogP contribution is 2.41. The van der Waals surface area contributed by atoms with Gasteiger partial charge in [0.05, 0.1) is 19.6 Å². The van der Waals surface area contributed by atoms with Gasteiger partial charge in [-0.15, -0.1) is 0 Å². The van der Waals surface area contributed by atoms with E-state index >= 15 is 0 Å². The Bertz CT molecular complexity index is 1290. The Morgan fingerprint density at radius 2 is 0.857 bits per heavy atom. The molecule has 0 bridgehead atoms. The van der Waals surface area contributed by atoms with Crippen molar-refractivity contribution in [1.82, 2.24) is 0 Å². The zero-order chi connectivity index (χ0) is 24.9. The molecule has 11 heteroatoms. The summed E-state index contributed by atoms with van der Waals surface area (Å²) in [6, 6.07) is 24.0. The Labute approximate surface area is 213 Å². The number of nitro groups is 2. The van der Waals surface area contributed by atoms with Gasteiger partial charge in [0, 0.05) is 43.1 Å². The number of nitro benzene ring substituents is 2. The Morgan fingerprint density at radius 3 is 1.20 bits per heavy atom. The predicted octanol–water partition coefficient (Wildman–Crippen LogP) is 7.12. The van der Waals surface area contributed by atoms with Gasteiger partial charge in [-0.2, -0.15) is 0 Å². The molecule has 0 saturated heterocycles. The van der Waals surface area contributed by atoms with Crippen molar-refractivity contribution < 1.29 is 9.85 Å². The third-order valence-corrected chi connectivity index (χ3v) is 7.83. The molecule has 0 aliphatic carbocycles. The van der Waals surface area contributed by atoms with Crippen molar-refractivity contribution in [3.8, 4) is 0 Å². The monoisotopic (exact) mass is 522 g/mol. The lowest BCUT2D eigenvalue weighted by Gasteiger charge is -2.08. The van der Waals surface area contributed by atoms with E-state index < -0.39 is 9.85 Å². The smallest absolute Gasteiger partial charge is 0.284 e. The van der Waals surface area contributed by atoms with Crippen LogP contribution in [0.15, 0.2) is 114 Å². The van der Waals surface area contributed by atoms with Crippen molar-refractivity contribution in [2.45, 2.75) is 29.4 Å². The van der Waals surface area contributed by atoms with E-state index in [2.05, 4.69) is 0 Å². The largest absolute Gasteiger partial charge is 0.399 e. The first-order valence-corrected chi connectivity index (χ1v) is 12.5. The first-order chi connectivity index (χ1) is 16.8. The van der Waals surface area contributed by atoms with Crippen LogP contribution in [0.4, 0.5) is 22.7 Å². The number of nitrogen functional groups attached to an aromatic ring is 2. The van der Waals surface area contributed by atoms with Crippen LogP contribution in [0, 0.1) is 20.2 Å². The fourth-order valence-electron chi connectivity index (χ4n) is 3.04. The zero-order valence-electron chi connectivity index (χ0n) is 18.0. The van der Waals surface area contributed by atoms with Gasteiger partial charge in [0.15, 0.2) is 0 Å². The van der Waals surface area contributed by atoms with E-state index in [4.69, 9.17) is 11.5 Å². The topological polar surface area (TPSA) is 138 Å². The van der Waals surface area contributed by atoms with E-state index in [0.717, 1.165) is 9.79 Å². The van der Waals surface area contributed by atoms with Crippen LogP contribution in [0.5, 0.6) is 0 Å². The maximum atomic E-state index is 11.7. The fourth-order valence-corrected chi connectivity index (χ4v) is 5.73. The molecule has 35 heavy (non-hydrogen) atoms. The van der Waals surface area contributed by atoms with Crippen LogP contribution in [0.3, 0.4) is 0 Å². The standard InChI is InChI=1S/C24H18N4O4S3/c25-15-1-5-17(6-2-15)34-23-11-9-19(13-21(23)27(29)30)33-20-10-12-24(22(14-20)28(31)32)35-18-7-3-16(26)4-8-18/h1-14H,25-26H2. The van der Waals surface area contributed by atoms with E-state index in [0.29, 0.717) is 31.0 Å². The quantitative estimate of drug-likeness (QED) is 0.141. The van der Waals surface area contributed by atoms with Crippen LogP contribution in [0.2, 0.25) is 0 Å². The van der Waals surface area contributed by atoms with Gasteiger partial charge in [0.1, 0.15) is 0 Å². The first-order valence-electron chi connectivity index (χ1n) is 10.1. The normalized spacial score (nSPS) is 10.7. The minimum absolute atomic E-state index is 0.0400. The van der Waals surface area contributed by atoms with Gasteiger partial charge in [-0.3, -0.25) is 20.2 Å². The average molecular weight is 523 g/mol. The molecule has 0 heterocycles. The molecule has 4 rings (SSSR count). The minimum atomic E-state index is -0.432. The fraction of sp³-hybridized carbons (Fsp3) is 0. The SMILES string of the molecule is Nc1ccc(Sc2ccc(Sc3ccc(Sc4ccc(N)cc4)c([N+](=O)[O-])c3)cc2[N+](=O)[O-])cc1. The van der Waals surface area contributed by atoms with E-state index in [9.17, 15) is 20.2 Å². The molecular weight excluding hydrogens is 504 g/mol. The van der Waals surface area contributed by atoms with E-state index in [1.165, 1.54) is 47.4 Å². The second-order valence-electron chi connectivity index (χ2n) is 7.22. The summed E-state index contributed by atoms with van der Waals surface area (Å²) in [7, 11) is 0. The highest BCUT2D eigenvalue weighted by Gasteiger charge is 2.19. The molecular formula is C24H18N4O4S3. The van der Waals surface area contributed by atoms with Crippen LogP contribution < -0.4 is 11.5 Å². The molecule has 4 aromatic carbocycles. The lowest BCUT2D eigenvalue weighted by Crippen LogP contribution is -1.93. The number of anilines is 2. The van der Waals surface area contributed by atoms with E-state index in [1.54, 1.807) is 72.8 Å². The summed E-state index contributed by atoms with van der Waals surface area (Å²) in [5.74, 6) is 0. The highest BCUT2D eigenvalue weighted by atomic mass is 32.2. The van der Waals surface area contributed by atoms with Crippen molar-refractivity contribution >= 4 is 58.0 Å².